The van der Waals surface area contributed by atoms with Crippen molar-refractivity contribution < 1.29 is 119 Å². The number of hydrogen-bond acceptors (Lipinski definition) is 24. The summed E-state index contributed by atoms with van der Waals surface area (Å²) in [5, 5.41) is 142. The summed E-state index contributed by atoms with van der Waals surface area (Å²) in [7, 11) is 0. The van der Waals surface area contributed by atoms with E-state index in [9.17, 15) is 81.1 Å². The second kappa shape index (κ2) is 26.5. The molecule has 4 saturated heterocycles. The molecule has 4 aliphatic heterocycles. The third-order valence-electron chi connectivity index (χ3n) is 11.2. The van der Waals surface area contributed by atoms with Crippen molar-refractivity contribution in [2.75, 3.05) is 26.4 Å². The molecular weight excluding hydrogens is 912 g/mol. The van der Waals surface area contributed by atoms with E-state index in [1.165, 1.54) is 26.0 Å². The SMILES string of the molecule is CC(/C=C/C=C(\C)C(=O)O[C@@H]1O[C@H](CO[C@@H]2O[C@H](CO)[C@@H](O)[C@H](O)[C@H]2O)[C@@H](O)[C@H](O)[C@H]1O)=C\C=C/C=C(C)/C=C/C=C(\C)C(=O)O[C@@H]1O[C@H](CO[C@@H]2O[C@H](CO)[C@@H](O)[C@H](O)[C@H]2O)[C@@H](O)[C@H](O)[C@H]1O. The minimum absolute atomic E-state index is 0.0726. The first kappa shape index (κ1) is 56.9. The average Bonchev–Trinajstić information content (AvgIpc) is 3.31. The van der Waals surface area contributed by atoms with Crippen LogP contribution in [0.5, 0.6) is 0 Å². The second-order valence-corrected chi connectivity index (χ2v) is 16.5. The molecule has 384 valence electrons. The van der Waals surface area contributed by atoms with Gasteiger partial charge in [0.05, 0.1) is 26.4 Å². The van der Waals surface area contributed by atoms with Gasteiger partial charge in [0.25, 0.3) is 0 Å². The van der Waals surface area contributed by atoms with Gasteiger partial charge in [-0.1, -0.05) is 71.9 Å². The van der Waals surface area contributed by atoms with Gasteiger partial charge in [0.1, 0.15) is 97.7 Å². The number of esters is 2. The minimum Gasteiger partial charge on any atom is -0.429 e. The van der Waals surface area contributed by atoms with E-state index < -0.39 is 161 Å². The Bertz CT molecular complexity index is 1730. The molecule has 0 amide bonds. The maximum atomic E-state index is 12.8. The summed E-state index contributed by atoms with van der Waals surface area (Å²) in [5.41, 5.74) is 1.68. The van der Waals surface area contributed by atoms with E-state index in [0.29, 0.717) is 0 Å². The van der Waals surface area contributed by atoms with Gasteiger partial charge in [0.15, 0.2) is 12.6 Å². The molecule has 0 saturated carbocycles. The monoisotopic (exact) mass is 976 g/mol. The van der Waals surface area contributed by atoms with Crippen LogP contribution < -0.4 is 0 Å². The zero-order valence-electron chi connectivity index (χ0n) is 37.5. The first-order chi connectivity index (χ1) is 32.1. The maximum absolute atomic E-state index is 12.8. The molecule has 0 aliphatic carbocycles. The molecule has 24 heteroatoms. The normalized spacial score (nSPS) is 40.3. The van der Waals surface area contributed by atoms with Crippen LogP contribution in [-0.4, -0.2) is 233 Å². The molecule has 0 unspecified atom stereocenters. The molecule has 4 rings (SSSR count). The van der Waals surface area contributed by atoms with Gasteiger partial charge in [-0.2, -0.15) is 0 Å². The van der Waals surface area contributed by atoms with E-state index in [0.717, 1.165) is 11.1 Å². The van der Waals surface area contributed by atoms with E-state index in [4.69, 9.17) is 37.9 Å². The molecule has 0 radical (unpaired) electrons. The molecule has 20 atom stereocenters. The molecule has 24 nitrogen and oxygen atoms in total. The predicted octanol–water partition coefficient (Wildman–Crippen LogP) is -5.23. The van der Waals surface area contributed by atoms with Gasteiger partial charge < -0.3 is 109 Å². The third kappa shape index (κ3) is 14.9. The summed E-state index contributed by atoms with van der Waals surface area (Å²) < 4.78 is 42.7. The zero-order valence-corrected chi connectivity index (χ0v) is 37.5. The average molecular weight is 977 g/mol. The van der Waals surface area contributed by atoms with Crippen LogP contribution in [0.1, 0.15) is 27.7 Å². The highest BCUT2D eigenvalue weighted by atomic mass is 16.8. The fourth-order valence-electron chi connectivity index (χ4n) is 6.84. The quantitative estimate of drug-likeness (QED) is 0.0347. The molecule has 0 spiro atoms. The van der Waals surface area contributed by atoms with Crippen molar-refractivity contribution in [2.45, 2.75) is 151 Å². The molecule has 0 aromatic heterocycles. The van der Waals surface area contributed by atoms with E-state index >= 15 is 0 Å². The van der Waals surface area contributed by atoms with Gasteiger partial charge in [-0.15, -0.1) is 0 Å². The number of hydrogen-bond donors (Lipinski definition) is 14. The highest BCUT2D eigenvalue weighted by Crippen LogP contribution is 2.28. The molecule has 0 aromatic carbocycles. The summed E-state index contributed by atoms with van der Waals surface area (Å²) in [6.45, 7) is 3.80. The van der Waals surface area contributed by atoms with Crippen LogP contribution in [-0.2, 0) is 47.5 Å². The Hall–Kier alpha value is -3.68. The van der Waals surface area contributed by atoms with Crippen molar-refractivity contribution in [3.63, 3.8) is 0 Å². The number of carbonyl (C=O) groups excluding carboxylic acids is 2. The van der Waals surface area contributed by atoms with Gasteiger partial charge >= 0.3 is 11.9 Å². The fourth-order valence-corrected chi connectivity index (χ4v) is 6.84. The Morgan fingerprint density at radius 2 is 0.691 bits per heavy atom. The van der Waals surface area contributed by atoms with Gasteiger partial charge in [-0.05, 0) is 27.7 Å². The van der Waals surface area contributed by atoms with Crippen LogP contribution in [0.3, 0.4) is 0 Å². The lowest BCUT2D eigenvalue weighted by atomic mass is 9.98. The molecule has 4 fully saturated rings. The van der Waals surface area contributed by atoms with Crippen LogP contribution >= 0.6 is 0 Å². The highest BCUT2D eigenvalue weighted by Gasteiger charge is 2.50. The lowest BCUT2D eigenvalue weighted by molar-refractivity contribution is -0.326. The predicted molar refractivity (Wildman–Crippen MR) is 227 cm³/mol. The van der Waals surface area contributed by atoms with E-state index in [2.05, 4.69) is 0 Å². The number of rotatable bonds is 18. The van der Waals surface area contributed by atoms with Crippen LogP contribution in [0, 0.1) is 0 Å². The van der Waals surface area contributed by atoms with E-state index in [1.54, 1.807) is 62.5 Å². The van der Waals surface area contributed by atoms with Crippen LogP contribution in [0.15, 0.2) is 83.1 Å². The van der Waals surface area contributed by atoms with Crippen LogP contribution in [0.25, 0.3) is 0 Å². The second-order valence-electron chi connectivity index (χ2n) is 16.5. The van der Waals surface area contributed by atoms with Crippen molar-refractivity contribution in [3.8, 4) is 0 Å². The lowest BCUT2D eigenvalue weighted by Crippen LogP contribution is -2.61. The van der Waals surface area contributed by atoms with E-state index in [1.807, 2.05) is 0 Å². The minimum atomic E-state index is -1.86. The van der Waals surface area contributed by atoms with Crippen molar-refractivity contribution in [1.29, 1.82) is 0 Å². The van der Waals surface area contributed by atoms with Gasteiger partial charge in [-0.25, -0.2) is 9.59 Å². The van der Waals surface area contributed by atoms with Crippen molar-refractivity contribution >= 4 is 11.9 Å². The van der Waals surface area contributed by atoms with Gasteiger partial charge in [-0.3, -0.25) is 0 Å². The van der Waals surface area contributed by atoms with Gasteiger partial charge in [0, 0.05) is 11.1 Å². The Morgan fingerprint density at radius 3 is 1.01 bits per heavy atom. The summed E-state index contributed by atoms with van der Waals surface area (Å²) >= 11 is 0. The molecule has 14 N–H and O–H groups in total. The van der Waals surface area contributed by atoms with Crippen LogP contribution in [0.4, 0.5) is 0 Å². The smallest absolute Gasteiger partial charge is 0.336 e. The molecule has 68 heavy (non-hydrogen) atoms. The Kier molecular flexibility index (Phi) is 22.2. The lowest BCUT2D eigenvalue weighted by Gasteiger charge is -2.42. The van der Waals surface area contributed by atoms with E-state index in [-0.39, 0.29) is 11.1 Å². The van der Waals surface area contributed by atoms with Gasteiger partial charge in [0.2, 0.25) is 12.6 Å². The van der Waals surface area contributed by atoms with Crippen LogP contribution in [0.2, 0.25) is 0 Å². The number of ether oxygens (including phenoxy) is 8. The standard InChI is InChI=1S/C44H64O24/c1-19(11-7-13-21(3)39(59)67-43-37(57)33(53)29(49)25(65-43)17-61-41-35(55)31(51)27(47)23(15-45)63-41)9-5-6-10-20(2)12-8-14-22(4)40(60)68-44-38(58)34(54)30(50)26(66-44)18-62-42-36(56)32(52)28(48)24(16-46)64-42/h5-14,23-38,41-58H,15-18H2,1-4H3/b6-5-,11-7+,12-8+,19-9+,20-10+,21-13+,22-14+/t23-,24-,25-,26-,27-,28-,29-,30-,31+,32+,33+,34+,35-,36-,37-,38-,41-,42-,43+,44+/m1/s1. The molecule has 0 bridgehead atoms. The largest absolute Gasteiger partial charge is 0.429 e. The first-order valence-electron chi connectivity index (χ1n) is 21.5. The fraction of sp³-hybridized carbons (Fsp3) is 0.636. The van der Waals surface area contributed by atoms with Crippen molar-refractivity contribution in [3.05, 3.63) is 83.1 Å². The summed E-state index contributed by atoms with van der Waals surface area (Å²) in [4.78, 5) is 25.6. The number of aliphatic hydroxyl groups is 14. The first-order valence-corrected chi connectivity index (χ1v) is 21.5. The number of aliphatic hydroxyl groups excluding tert-OH is 14. The summed E-state index contributed by atoms with van der Waals surface area (Å²) in [6.07, 6.45) is -16.8. The molecule has 4 heterocycles. The highest BCUT2D eigenvalue weighted by molar-refractivity contribution is 5.88. The Morgan fingerprint density at radius 1 is 0.397 bits per heavy atom. The summed E-state index contributed by atoms with van der Waals surface area (Å²) in [5.74, 6) is -1.86. The molecular formula is C44H64O24. The zero-order chi connectivity index (χ0) is 50.6. The molecule has 0 aromatic rings. The topological polar surface area (TPSA) is 391 Å². The summed E-state index contributed by atoms with van der Waals surface area (Å²) in [6, 6.07) is 0. The number of carbonyl (C=O) groups is 2. The van der Waals surface area contributed by atoms with Crippen molar-refractivity contribution in [1.82, 2.24) is 0 Å². The maximum Gasteiger partial charge on any atom is 0.336 e. The third-order valence-corrected chi connectivity index (χ3v) is 11.2. The Labute approximate surface area is 390 Å². The van der Waals surface area contributed by atoms with Crippen molar-refractivity contribution in [2.24, 2.45) is 0 Å². The molecule has 4 aliphatic rings. The Balaban J connectivity index is 1.23. The number of allylic oxidation sites excluding steroid dienone is 12.